The van der Waals surface area contributed by atoms with E-state index in [-0.39, 0.29) is 14.6 Å². The molecular weight excluding hydrogens is 255 g/mol. The molecule has 1 aliphatic heterocycles. The molecule has 0 atom stereocenters. The number of nitrogens with two attached hydrogens (primary N) is 1. The van der Waals surface area contributed by atoms with Crippen molar-refractivity contribution in [2.24, 2.45) is 13.7 Å². The molecule has 0 unspecified atom stereocenters. The van der Waals surface area contributed by atoms with E-state index in [1.54, 1.807) is 0 Å². The Bertz CT molecular complexity index is 458. The van der Waals surface area contributed by atoms with Crippen LogP contribution in [0.5, 0.6) is 0 Å². The predicted molar refractivity (Wildman–Crippen MR) is 61.0 cm³/mol. The van der Waals surface area contributed by atoms with Crippen LogP contribution in [-0.2, 0) is 0 Å². The van der Waals surface area contributed by atoms with E-state index in [2.05, 4.69) is 19.3 Å². The fraction of sp³-hybridized carbons (Fsp3) is 0.400. The summed E-state index contributed by atoms with van der Waals surface area (Å²) >= 11 is 0.0517. The predicted octanol–water partition coefficient (Wildman–Crippen LogP) is 1.94. The van der Waals surface area contributed by atoms with E-state index in [1.807, 2.05) is 12.1 Å². The van der Waals surface area contributed by atoms with Crippen LogP contribution in [0.25, 0.3) is 0 Å². The summed E-state index contributed by atoms with van der Waals surface area (Å²) in [5, 5.41) is 3.49. The molecule has 3 rings (SSSR count). The molecule has 0 bridgehead atoms. The SMILES string of the molecule is NC1CC(Nc2cccc3c2N=[Se]=N3)C1. The van der Waals surface area contributed by atoms with Gasteiger partial charge in [-0.1, -0.05) is 0 Å². The summed E-state index contributed by atoms with van der Waals surface area (Å²) in [4.78, 5) is 0. The van der Waals surface area contributed by atoms with Crippen LogP contribution in [0.15, 0.2) is 26.1 Å². The quantitative estimate of drug-likeness (QED) is 0.817. The van der Waals surface area contributed by atoms with Crippen molar-refractivity contribution in [2.45, 2.75) is 24.9 Å². The fourth-order valence-corrected chi connectivity index (χ4v) is 3.08. The Hall–Kier alpha value is -0.901. The van der Waals surface area contributed by atoms with Crippen LogP contribution in [0.2, 0.25) is 0 Å². The minimum absolute atomic E-state index is 0.0517. The molecule has 5 heteroatoms. The van der Waals surface area contributed by atoms with Gasteiger partial charge in [0.1, 0.15) is 0 Å². The molecule has 0 aromatic heterocycles. The van der Waals surface area contributed by atoms with E-state index >= 15 is 0 Å². The van der Waals surface area contributed by atoms with Crippen molar-refractivity contribution in [3.05, 3.63) is 18.2 Å². The second-order valence-corrected chi connectivity index (χ2v) is 5.12. The summed E-state index contributed by atoms with van der Waals surface area (Å²) in [5.74, 6) is 0. The number of fused-ring (bicyclic) bond motifs is 1. The molecule has 1 fully saturated rings. The summed E-state index contributed by atoms with van der Waals surface area (Å²) in [5.41, 5.74) is 8.95. The van der Waals surface area contributed by atoms with Gasteiger partial charge in [-0.3, -0.25) is 0 Å². The second-order valence-electron chi connectivity index (χ2n) is 4.01. The van der Waals surface area contributed by atoms with Crippen LogP contribution in [0, 0.1) is 0 Å². The normalized spacial score (nSPS) is 26.7. The first kappa shape index (κ1) is 9.33. The van der Waals surface area contributed by atoms with Gasteiger partial charge < -0.3 is 0 Å². The van der Waals surface area contributed by atoms with Crippen molar-refractivity contribution in [1.82, 2.24) is 0 Å². The van der Waals surface area contributed by atoms with Crippen molar-refractivity contribution in [1.29, 1.82) is 0 Å². The zero-order valence-corrected chi connectivity index (χ0v) is 9.89. The molecule has 78 valence electrons. The monoisotopic (exact) mass is 268 g/mol. The van der Waals surface area contributed by atoms with E-state index in [0.717, 1.165) is 29.9 Å². The molecular formula is C10H12N4Se. The summed E-state index contributed by atoms with van der Waals surface area (Å²) in [7, 11) is 0. The Kier molecular flexibility index (Phi) is 2.24. The Morgan fingerprint density at radius 3 is 3.00 bits per heavy atom. The van der Waals surface area contributed by atoms with Crippen LogP contribution in [0.3, 0.4) is 0 Å². The van der Waals surface area contributed by atoms with Crippen molar-refractivity contribution in [3.8, 4) is 0 Å². The zero-order valence-electron chi connectivity index (χ0n) is 8.18. The number of benzene rings is 1. The van der Waals surface area contributed by atoms with E-state index < -0.39 is 0 Å². The third-order valence-electron chi connectivity index (χ3n) is 2.82. The summed E-state index contributed by atoms with van der Waals surface area (Å²) < 4.78 is 8.79. The summed E-state index contributed by atoms with van der Waals surface area (Å²) in [6.07, 6.45) is 2.12. The maximum atomic E-state index is 5.76. The van der Waals surface area contributed by atoms with E-state index in [1.165, 1.54) is 0 Å². The molecule has 15 heavy (non-hydrogen) atoms. The number of hydrogen-bond acceptors (Lipinski definition) is 4. The molecule has 4 nitrogen and oxygen atoms in total. The Morgan fingerprint density at radius 1 is 1.33 bits per heavy atom. The van der Waals surface area contributed by atoms with E-state index in [4.69, 9.17) is 5.73 Å². The van der Waals surface area contributed by atoms with Crippen molar-refractivity contribution >= 4 is 31.6 Å². The molecule has 3 N–H and O–H groups in total. The topological polar surface area (TPSA) is 62.8 Å². The third kappa shape index (κ3) is 1.67. The van der Waals surface area contributed by atoms with Crippen LogP contribution < -0.4 is 11.1 Å². The van der Waals surface area contributed by atoms with Crippen molar-refractivity contribution in [2.75, 3.05) is 5.32 Å². The Morgan fingerprint density at radius 2 is 2.20 bits per heavy atom. The van der Waals surface area contributed by atoms with Gasteiger partial charge in [-0.25, -0.2) is 0 Å². The molecule has 2 aliphatic rings. The average molecular weight is 267 g/mol. The van der Waals surface area contributed by atoms with Gasteiger partial charge in [0.2, 0.25) is 0 Å². The van der Waals surface area contributed by atoms with Crippen LogP contribution in [-0.4, -0.2) is 26.7 Å². The van der Waals surface area contributed by atoms with Gasteiger partial charge >= 0.3 is 93.7 Å². The van der Waals surface area contributed by atoms with Gasteiger partial charge in [0.25, 0.3) is 0 Å². The van der Waals surface area contributed by atoms with Gasteiger partial charge in [-0.2, -0.15) is 0 Å². The number of rotatable bonds is 2. The molecule has 1 aromatic carbocycles. The van der Waals surface area contributed by atoms with Crippen LogP contribution >= 0.6 is 0 Å². The number of hydrogen-bond donors (Lipinski definition) is 2. The van der Waals surface area contributed by atoms with Gasteiger partial charge in [-0.15, -0.1) is 0 Å². The summed E-state index contributed by atoms with van der Waals surface area (Å²) in [6, 6.07) is 7.02. The summed E-state index contributed by atoms with van der Waals surface area (Å²) in [6.45, 7) is 0. The van der Waals surface area contributed by atoms with Crippen molar-refractivity contribution in [3.63, 3.8) is 0 Å². The molecule has 1 saturated carbocycles. The van der Waals surface area contributed by atoms with Gasteiger partial charge in [0.05, 0.1) is 0 Å². The Labute approximate surface area is 94.0 Å². The molecule has 0 spiro atoms. The molecule has 0 radical (unpaired) electrons. The fourth-order valence-electron chi connectivity index (χ4n) is 1.92. The van der Waals surface area contributed by atoms with Gasteiger partial charge in [-0.05, 0) is 0 Å². The molecule has 1 heterocycles. The first-order valence-electron chi connectivity index (χ1n) is 5.06. The molecule has 1 aromatic rings. The average Bonchev–Trinajstić information content (AvgIpc) is 2.64. The molecule has 0 saturated heterocycles. The second kappa shape index (κ2) is 3.59. The first-order chi connectivity index (χ1) is 7.33. The van der Waals surface area contributed by atoms with Gasteiger partial charge in [0.15, 0.2) is 0 Å². The maximum absolute atomic E-state index is 5.76. The first-order valence-corrected chi connectivity index (χ1v) is 6.59. The number of anilines is 1. The van der Waals surface area contributed by atoms with Gasteiger partial charge in [0, 0.05) is 0 Å². The van der Waals surface area contributed by atoms with E-state index in [0.29, 0.717) is 12.1 Å². The molecule has 1 aliphatic carbocycles. The number of nitrogens with zero attached hydrogens (tertiary/aromatic N) is 2. The third-order valence-corrected chi connectivity index (χ3v) is 3.96. The van der Waals surface area contributed by atoms with Crippen LogP contribution in [0.1, 0.15) is 12.8 Å². The van der Waals surface area contributed by atoms with Crippen molar-refractivity contribution < 1.29 is 0 Å². The minimum atomic E-state index is 0.0517. The molecule has 0 amide bonds. The zero-order chi connectivity index (χ0) is 10.3. The standard InChI is InChI=1S/C10H12N4Se/c11-6-4-7(5-6)12-8-2-1-3-9-10(8)14-15-13-9/h1-3,6-7,12H,4-5,11H2. The Balaban J connectivity index is 1.81. The van der Waals surface area contributed by atoms with E-state index in [9.17, 15) is 0 Å². The van der Waals surface area contributed by atoms with Crippen LogP contribution in [0.4, 0.5) is 17.1 Å². The number of nitrogens with one attached hydrogen (secondary N) is 1.